The first-order valence-electron chi connectivity index (χ1n) is 8.86. The van der Waals surface area contributed by atoms with Crippen LogP contribution in [-0.4, -0.2) is 45.1 Å². The quantitative estimate of drug-likeness (QED) is 0.425. The highest BCUT2D eigenvalue weighted by Crippen LogP contribution is 2.36. The highest BCUT2D eigenvalue weighted by atomic mass is 19.4. The third-order valence-corrected chi connectivity index (χ3v) is 4.43. The molecule has 3 aromatic rings. The van der Waals surface area contributed by atoms with Crippen molar-refractivity contribution in [1.82, 2.24) is 25.0 Å². The first kappa shape index (κ1) is 23.2. The Kier molecular flexibility index (Phi) is 6.21. The molecule has 0 bridgehead atoms. The molecule has 0 unspecified atom stereocenters. The summed E-state index contributed by atoms with van der Waals surface area (Å²) in [6, 6.07) is 4.21. The van der Waals surface area contributed by atoms with E-state index in [2.05, 4.69) is 15.3 Å². The zero-order valence-corrected chi connectivity index (χ0v) is 16.6. The summed E-state index contributed by atoms with van der Waals surface area (Å²) in [5.74, 6) is -0.717. The predicted molar refractivity (Wildman–Crippen MR) is 97.9 cm³/mol. The van der Waals surface area contributed by atoms with Gasteiger partial charge in [-0.1, -0.05) is 5.21 Å². The zero-order valence-electron chi connectivity index (χ0n) is 16.6. The van der Waals surface area contributed by atoms with E-state index in [0.717, 1.165) is 9.75 Å². The molecule has 0 fully saturated rings. The molecule has 0 aliphatic heterocycles. The van der Waals surface area contributed by atoms with Crippen LogP contribution in [0.5, 0.6) is 0 Å². The summed E-state index contributed by atoms with van der Waals surface area (Å²) in [4.78, 5) is 21.3. The first-order chi connectivity index (χ1) is 14.9. The van der Waals surface area contributed by atoms with E-state index in [1.807, 2.05) is 0 Å². The number of hydrogen-bond acceptors (Lipinski definition) is 5. The van der Waals surface area contributed by atoms with Gasteiger partial charge in [0.1, 0.15) is 5.69 Å². The fourth-order valence-electron chi connectivity index (χ4n) is 2.88. The van der Waals surface area contributed by atoms with Crippen LogP contribution >= 0.6 is 0 Å². The van der Waals surface area contributed by atoms with Crippen LogP contribution in [0.15, 0.2) is 42.7 Å². The minimum atomic E-state index is -4.99. The maximum Gasteiger partial charge on any atom is 0.416 e. The van der Waals surface area contributed by atoms with Crippen LogP contribution in [0.2, 0.25) is 0 Å². The van der Waals surface area contributed by atoms with Crippen LogP contribution in [0.3, 0.4) is 0 Å². The number of amides is 1. The van der Waals surface area contributed by atoms with Gasteiger partial charge in [0.25, 0.3) is 5.91 Å². The summed E-state index contributed by atoms with van der Waals surface area (Å²) < 4.78 is 80.1. The highest BCUT2D eigenvalue weighted by Gasteiger charge is 2.37. The number of rotatable bonds is 5. The number of pyridine rings is 1. The highest BCUT2D eigenvalue weighted by molar-refractivity contribution is 5.97. The molecule has 0 atom stereocenters. The minimum absolute atomic E-state index is 0.0388. The average molecular weight is 459 g/mol. The number of hydrogen-bond donors (Lipinski definition) is 0. The summed E-state index contributed by atoms with van der Waals surface area (Å²) in [6.45, 7) is -0.512. The number of hydroxylamine groups is 2. The van der Waals surface area contributed by atoms with E-state index >= 15 is 0 Å². The van der Waals surface area contributed by atoms with Crippen LogP contribution in [0.4, 0.5) is 26.3 Å². The molecule has 170 valence electrons. The van der Waals surface area contributed by atoms with Crippen LogP contribution in [0.1, 0.15) is 27.2 Å². The average Bonchev–Trinajstić information content (AvgIpc) is 3.15. The van der Waals surface area contributed by atoms with Gasteiger partial charge >= 0.3 is 12.4 Å². The van der Waals surface area contributed by atoms with E-state index in [1.54, 1.807) is 0 Å². The fraction of sp³-hybridized carbons (Fsp3) is 0.263. The van der Waals surface area contributed by atoms with Crippen molar-refractivity contribution in [3.05, 3.63) is 65.1 Å². The molecule has 0 spiro atoms. The number of alkyl halides is 6. The van der Waals surface area contributed by atoms with Crippen molar-refractivity contribution in [1.29, 1.82) is 0 Å². The second-order valence-electron chi connectivity index (χ2n) is 6.58. The molecule has 2 aromatic heterocycles. The second kappa shape index (κ2) is 8.57. The molecule has 2 heterocycles. The molecule has 0 radical (unpaired) electrons. The van der Waals surface area contributed by atoms with E-state index in [0.29, 0.717) is 17.7 Å². The molecule has 32 heavy (non-hydrogen) atoms. The number of aromatic nitrogens is 4. The molecule has 0 aliphatic carbocycles. The fourth-order valence-corrected chi connectivity index (χ4v) is 2.88. The van der Waals surface area contributed by atoms with Gasteiger partial charge in [-0.05, 0) is 35.9 Å². The lowest BCUT2D eigenvalue weighted by Crippen LogP contribution is -2.26. The third kappa shape index (κ3) is 4.88. The van der Waals surface area contributed by atoms with Crippen LogP contribution in [0, 0.1) is 0 Å². The maximum absolute atomic E-state index is 13.2. The predicted octanol–water partition coefficient (Wildman–Crippen LogP) is 4.06. The van der Waals surface area contributed by atoms with Gasteiger partial charge in [0.2, 0.25) is 0 Å². The Hall–Kier alpha value is -3.48. The third-order valence-electron chi connectivity index (χ3n) is 4.43. The van der Waals surface area contributed by atoms with Gasteiger partial charge in [-0.3, -0.25) is 14.6 Å². The lowest BCUT2D eigenvalue weighted by atomic mass is 10.0. The summed E-state index contributed by atoms with van der Waals surface area (Å²) in [7, 11) is 2.54. The van der Waals surface area contributed by atoms with Crippen molar-refractivity contribution in [2.24, 2.45) is 0 Å². The molecule has 3 rings (SSSR count). The molecule has 13 heteroatoms. The molecule has 7 nitrogen and oxygen atoms in total. The Balaban J connectivity index is 2.14. The summed E-state index contributed by atoms with van der Waals surface area (Å²) in [5.41, 5.74) is -2.99. The smallest absolute Gasteiger partial charge is 0.274 e. The van der Waals surface area contributed by atoms with Gasteiger partial charge in [-0.25, -0.2) is 9.75 Å². The lowest BCUT2D eigenvalue weighted by Gasteiger charge is -2.15. The van der Waals surface area contributed by atoms with Gasteiger partial charge in [0, 0.05) is 25.0 Å². The standard InChI is InChI=1S/C19H15F6N5O2/c1-29(32-2)17(31)15-16(12-3-5-26-6-4-12)30(28-27-15)10-11-7-13(18(20,21)22)9-14(8-11)19(23,24)25/h3-9H,10H2,1-2H3. The van der Waals surface area contributed by atoms with Crippen molar-refractivity contribution in [3.63, 3.8) is 0 Å². The molecule has 1 aromatic carbocycles. The number of nitrogens with zero attached hydrogens (tertiary/aromatic N) is 5. The topological polar surface area (TPSA) is 73.1 Å². The van der Waals surface area contributed by atoms with Gasteiger partial charge in [0.15, 0.2) is 5.69 Å². The van der Waals surface area contributed by atoms with Gasteiger partial charge in [0.05, 0.1) is 24.8 Å². The largest absolute Gasteiger partial charge is 0.416 e. The van der Waals surface area contributed by atoms with Gasteiger partial charge in [-0.15, -0.1) is 5.10 Å². The molecule has 1 amide bonds. The van der Waals surface area contributed by atoms with Crippen LogP contribution < -0.4 is 0 Å². The normalized spacial score (nSPS) is 12.1. The monoisotopic (exact) mass is 459 g/mol. The van der Waals surface area contributed by atoms with Gasteiger partial charge < -0.3 is 0 Å². The van der Waals surface area contributed by atoms with Crippen molar-refractivity contribution < 1.29 is 36.0 Å². The lowest BCUT2D eigenvalue weighted by molar-refractivity contribution is -0.143. The van der Waals surface area contributed by atoms with E-state index in [1.165, 1.54) is 38.7 Å². The number of benzene rings is 1. The number of halogens is 6. The van der Waals surface area contributed by atoms with Gasteiger partial charge in [-0.2, -0.15) is 26.3 Å². The molecule has 0 saturated heterocycles. The molecule has 0 N–H and O–H groups in total. The summed E-state index contributed by atoms with van der Waals surface area (Å²) in [6.07, 6.45) is -7.19. The Morgan fingerprint density at radius 2 is 1.59 bits per heavy atom. The van der Waals surface area contributed by atoms with E-state index in [4.69, 9.17) is 4.84 Å². The van der Waals surface area contributed by atoms with Crippen molar-refractivity contribution in [2.75, 3.05) is 14.2 Å². The second-order valence-corrected chi connectivity index (χ2v) is 6.58. The van der Waals surface area contributed by atoms with E-state index in [9.17, 15) is 31.1 Å². The van der Waals surface area contributed by atoms with Crippen LogP contribution in [0.25, 0.3) is 11.3 Å². The van der Waals surface area contributed by atoms with Crippen molar-refractivity contribution >= 4 is 5.91 Å². The molecular formula is C19H15F6N5O2. The minimum Gasteiger partial charge on any atom is -0.274 e. The Labute approximate surface area is 177 Å². The van der Waals surface area contributed by atoms with Crippen LogP contribution in [-0.2, 0) is 23.7 Å². The molecule has 0 saturated carbocycles. The SMILES string of the molecule is CON(C)C(=O)c1nnn(Cc2cc(C(F)(F)F)cc(C(F)(F)F)c2)c1-c1ccncc1. The number of carbonyl (C=O) groups is 1. The van der Waals surface area contributed by atoms with E-state index < -0.39 is 35.9 Å². The summed E-state index contributed by atoms with van der Waals surface area (Å²) in [5, 5.41) is 8.42. The zero-order chi connectivity index (χ0) is 23.7. The first-order valence-corrected chi connectivity index (χ1v) is 8.86. The summed E-state index contributed by atoms with van der Waals surface area (Å²) >= 11 is 0. The van der Waals surface area contributed by atoms with Crippen molar-refractivity contribution in [3.8, 4) is 11.3 Å². The maximum atomic E-state index is 13.2. The Morgan fingerprint density at radius 1 is 1.03 bits per heavy atom. The Bertz CT molecular complexity index is 1080. The Morgan fingerprint density at radius 3 is 2.09 bits per heavy atom. The number of carbonyl (C=O) groups excluding carboxylic acids is 1. The molecule has 0 aliphatic rings. The van der Waals surface area contributed by atoms with Crippen molar-refractivity contribution in [2.45, 2.75) is 18.9 Å². The van der Waals surface area contributed by atoms with E-state index in [-0.39, 0.29) is 23.0 Å². The molecular weight excluding hydrogens is 444 g/mol.